The Morgan fingerprint density at radius 1 is 1.00 bits per heavy atom. The Kier molecular flexibility index (Phi) is 3.41. The summed E-state index contributed by atoms with van der Waals surface area (Å²) in [6.45, 7) is 0. The van der Waals surface area contributed by atoms with E-state index < -0.39 is 0 Å². The number of rotatable bonds is 4. The molecule has 0 aliphatic heterocycles. The average Bonchev–Trinajstić information content (AvgIpc) is 2.80. The fourth-order valence-corrected chi connectivity index (χ4v) is 2.22. The molecule has 15 heavy (non-hydrogen) atoms. The van der Waals surface area contributed by atoms with Gasteiger partial charge in [0.2, 0.25) is 0 Å². The van der Waals surface area contributed by atoms with Gasteiger partial charge in [-0.05, 0) is 52.9 Å². The zero-order valence-corrected chi connectivity index (χ0v) is 9.59. The van der Waals surface area contributed by atoms with Crippen LogP contribution in [0.5, 0.6) is 5.75 Å². The molecule has 1 nitrogen and oxygen atoms in total. The lowest BCUT2D eigenvalue weighted by Crippen LogP contribution is -1.90. The summed E-state index contributed by atoms with van der Waals surface area (Å²) < 4.78 is 5.12. The van der Waals surface area contributed by atoms with Crippen molar-refractivity contribution >= 4 is 11.3 Å². The summed E-state index contributed by atoms with van der Waals surface area (Å²) in [7, 11) is 1.69. The fourth-order valence-electron chi connectivity index (χ4n) is 1.52. The van der Waals surface area contributed by atoms with Gasteiger partial charge in [-0.1, -0.05) is 12.1 Å². The highest BCUT2D eigenvalue weighted by molar-refractivity contribution is 7.07. The number of hydrogen-bond acceptors (Lipinski definition) is 2. The largest absolute Gasteiger partial charge is 0.497 e. The molecule has 0 aliphatic carbocycles. The van der Waals surface area contributed by atoms with Gasteiger partial charge in [-0.2, -0.15) is 11.3 Å². The molecule has 1 aromatic carbocycles. The molecule has 0 saturated carbocycles. The Morgan fingerprint density at radius 2 is 1.73 bits per heavy atom. The minimum absolute atomic E-state index is 0.925. The van der Waals surface area contributed by atoms with E-state index in [4.69, 9.17) is 4.74 Å². The number of methoxy groups -OCH3 is 1. The summed E-state index contributed by atoms with van der Waals surface area (Å²) in [5, 5.41) is 4.34. The molecule has 0 aliphatic rings. The summed E-state index contributed by atoms with van der Waals surface area (Å²) in [6.07, 6.45) is 2.22. The predicted octanol–water partition coefficient (Wildman–Crippen LogP) is 3.54. The van der Waals surface area contributed by atoms with Crippen LogP contribution in [0.25, 0.3) is 0 Å². The molecule has 0 saturated heterocycles. The van der Waals surface area contributed by atoms with Crippen LogP contribution in [-0.2, 0) is 12.8 Å². The Bertz CT molecular complexity index is 389. The van der Waals surface area contributed by atoms with Gasteiger partial charge in [0.1, 0.15) is 5.75 Å². The van der Waals surface area contributed by atoms with Crippen molar-refractivity contribution in [3.8, 4) is 5.75 Å². The highest BCUT2D eigenvalue weighted by atomic mass is 32.1. The average molecular weight is 218 g/mol. The van der Waals surface area contributed by atoms with E-state index in [1.165, 1.54) is 11.1 Å². The zero-order valence-electron chi connectivity index (χ0n) is 8.77. The zero-order chi connectivity index (χ0) is 10.5. The smallest absolute Gasteiger partial charge is 0.118 e. The lowest BCUT2D eigenvalue weighted by atomic mass is 10.1. The first-order valence-electron chi connectivity index (χ1n) is 5.02. The number of aryl methyl sites for hydroxylation is 2. The Labute approximate surface area is 94.3 Å². The second kappa shape index (κ2) is 4.99. The van der Waals surface area contributed by atoms with E-state index in [1.54, 1.807) is 18.4 Å². The van der Waals surface area contributed by atoms with Crippen molar-refractivity contribution in [1.82, 2.24) is 0 Å². The van der Waals surface area contributed by atoms with E-state index in [0.29, 0.717) is 0 Å². The fraction of sp³-hybridized carbons (Fsp3) is 0.231. The van der Waals surface area contributed by atoms with Crippen LogP contribution >= 0.6 is 11.3 Å². The van der Waals surface area contributed by atoms with Crippen LogP contribution in [-0.4, -0.2) is 7.11 Å². The van der Waals surface area contributed by atoms with E-state index >= 15 is 0 Å². The molecule has 1 aromatic heterocycles. The van der Waals surface area contributed by atoms with Gasteiger partial charge in [-0.15, -0.1) is 0 Å². The summed E-state index contributed by atoms with van der Waals surface area (Å²) in [6, 6.07) is 10.5. The van der Waals surface area contributed by atoms with Gasteiger partial charge < -0.3 is 4.74 Å². The Hall–Kier alpha value is -1.28. The van der Waals surface area contributed by atoms with Crippen LogP contribution in [0, 0.1) is 0 Å². The number of thiophene rings is 1. The lowest BCUT2D eigenvalue weighted by molar-refractivity contribution is 0.414. The van der Waals surface area contributed by atoms with Gasteiger partial charge in [-0.25, -0.2) is 0 Å². The quantitative estimate of drug-likeness (QED) is 0.762. The lowest BCUT2D eigenvalue weighted by Gasteiger charge is -2.02. The van der Waals surface area contributed by atoms with Crippen molar-refractivity contribution in [2.24, 2.45) is 0 Å². The Balaban J connectivity index is 1.93. The van der Waals surface area contributed by atoms with Gasteiger partial charge in [0, 0.05) is 0 Å². The molecule has 0 spiro atoms. The van der Waals surface area contributed by atoms with Gasteiger partial charge >= 0.3 is 0 Å². The van der Waals surface area contributed by atoms with Crippen molar-refractivity contribution in [2.75, 3.05) is 7.11 Å². The van der Waals surface area contributed by atoms with Gasteiger partial charge in [0.05, 0.1) is 7.11 Å². The van der Waals surface area contributed by atoms with E-state index in [0.717, 1.165) is 18.6 Å². The molecule has 78 valence electrons. The van der Waals surface area contributed by atoms with Gasteiger partial charge in [-0.3, -0.25) is 0 Å². The van der Waals surface area contributed by atoms with Crippen LogP contribution in [0.4, 0.5) is 0 Å². The maximum atomic E-state index is 5.12. The molecule has 2 heteroatoms. The molecule has 0 atom stereocenters. The maximum absolute atomic E-state index is 5.12. The highest BCUT2D eigenvalue weighted by Gasteiger charge is 1.96. The molecule has 0 bridgehead atoms. The minimum atomic E-state index is 0.925. The van der Waals surface area contributed by atoms with Crippen molar-refractivity contribution in [1.29, 1.82) is 0 Å². The molecule has 0 amide bonds. The standard InChI is InChI=1S/C13H14OS/c1-14-13-6-4-11(5-7-13)2-3-12-8-9-15-10-12/h4-10H,2-3H2,1H3. The molecule has 0 unspecified atom stereocenters. The first-order valence-corrected chi connectivity index (χ1v) is 5.97. The maximum Gasteiger partial charge on any atom is 0.118 e. The van der Waals surface area contributed by atoms with E-state index in [2.05, 4.69) is 29.0 Å². The summed E-state index contributed by atoms with van der Waals surface area (Å²) in [5.74, 6) is 0.925. The first-order chi connectivity index (χ1) is 7.38. The van der Waals surface area contributed by atoms with Crippen LogP contribution < -0.4 is 4.74 Å². The third-order valence-corrected chi connectivity index (χ3v) is 3.17. The van der Waals surface area contributed by atoms with Gasteiger partial charge in [0.15, 0.2) is 0 Å². The molecular formula is C13H14OS. The number of ether oxygens (including phenoxy) is 1. The molecule has 2 aromatic rings. The number of hydrogen-bond donors (Lipinski definition) is 0. The molecular weight excluding hydrogens is 204 g/mol. The second-order valence-corrected chi connectivity index (χ2v) is 4.26. The van der Waals surface area contributed by atoms with E-state index in [-0.39, 0.29) is 0 Å². The summed E-state index contributed by atoms with van der Waals surface area (Å²) >= 11 is 1.76. The second-order valence-electron chi connectivity index (χ2n) is 3.48. The third-order valence-electron chi connectivity index (χ3n) is 2.44. The molecule has 0 fully saturated rings. The van der Waals surface area contributed by atoms with Crippen LogP contribution in [0.15, 0.2) is 41.1 Å². The van der Waals surface area contributed by atoms with Crippen molar-refractivity contribution in [3.63, 3.8) is 0 Å². The van der Waals surface area contributed by atoms with Crippen molar-refractivity contribution in [3.05, 3.63) is 52.2 Å². The molecule has 1 heterocycles. The van der Waals surface area contributed by atoms with E-state index in [9.17, 15) is 0 Å². The van der Waals surface area contributed by atoms with Crippen LogP contribution in [0.1, 0.15) is 11.1 Å². The monoisotopic (exact) mass is 218 g/mol. The first kappa shape index (κ1) is 10.2. The van der Waals surface area contributed by atoms with E-state index in [1.807, 2.05) is 12.1 Å². The number of benzene rings is 1. The third kappa shape index (κ3) is 2.83. The normalized spacial score (nSPS) is 10.2. The summed E-state index contributed by atoms with van der Waals surface area (Å²) in [4.78, 5) is 0. The topological polar surface area (TPSA) is 9.23 Å². The van der Waals surface area contributed by atoms with Crippen LogP contribution in [0.3, 0.4) is 0 Å². The minimum Gasteiger partial charge on any atom is -0.497 e. The predicted molar refractivity (Wildman–Crippen MR) is 64.7 cm³/mol. The summed E-state index contributed by atoms with van der Waals surface area (Å²) in [5.41, 5.74) is 2.79. The molecule has 2 rings (SSSR count). The molecule has 0 N–H and O–H groups in total. The SMILES string of the molecule is COc1ccc(CCc2ccsc2)cc1. The van der Waals surface area contributed by atoms with Crippen LogP contribution in [0.2, 0.25) is 0 Å². The highest BCUT2D eigenvalue weighted by Crippen LogP contribution is 2.14. The van der Waals surface area contributed by atoms with Crippen molar-refractivity contribution < 1.29 is 4.74 Å². The van der Waals surface area contributed by atoms with Crippen molar-refractivity contribution in [2.45, 2.75) is 12.8 Å². The van der Waals surface area contributed by atoms with Gasteiger partial charge in [0.25, 0.3) is 0 Å². The Morgan fingerprint density at radius 3 is 2.33 bits per heavy atom. The molecule has 0 radical (unpaired) electrons.